The SMILES string of the molecule is Cc1cccc(Oc2nccc(-c3c(-c4ccc(I)cc4)ncn3C3CCNCC3)n2)c1. The summed E-state index contributed by atoms with van der Waals surface area (Å²) in [5.41, 5.74) is 4.96. The summed E-state index contributed by atoms with van der Waals surface area (Å²) in [5.74, 6) is 0.729. The lowest BCUT2D eigenvalue weighted by Crippen LogP contribution is -2.29. The van der Waals surface area contributed by atoms with Crippen LogP contribution in [0.3, 0.4) is 0 Å². The minimum absolute atomic E-state index is 0.333. The quantitative estimate of drug-likeness (QED) is 0.334. The van der Waals surface area contributed by atoms with E-state index in [0.29, 0.717) is 12.1 Å². The van der Waals surface area contributed by atoms with E-state index in [9.17, 15) is 0 Å². The molecule has 0 bridgehead atoms. The Labute approximate surface area is 201 Å². The van der Waals surface area contributed by atoms with Crippen LogP contribution in [0.1, 0.15) is 24.4 Å². The largest absolute Gasteiger partial charge is 0.424 e. The molecule has 1 fully saturated rings. The first kappa shape index (κ1) is 21.1. The van der Waals surface area contributed by atoms with Crippen molar-refractivity contribution < 1.29 is 4.74 Å². The number of aromatic nitrogens is 4. The highest BCUT2D eigenvalue weighted by atomic mass is 127. The Kier molecular flexibility index (Phi) is 6.18. The molecule has 1 aliphatic heterocycles. The molecular weight excluding hydrogens is 513 g/mol. The van der Waals surface area contributed by atoms with Crippen LogP contribution in [0.15, 0.2) is 67.1 Å². The van der Waals surface area contributed by atoms with Crippen LogP contribution in [-0.4, -0.2) is 32.6 Å². The average molecular weight is 537 g/mol. The zero-order valence-corrected chi connectivity index (χ0v) is 20.0. The average Bonchev–Trinajstić information content (AvgIpc) is 3.26. The first-order chi connectivity index (χ1) is 15.7. The lowest BCUT2D eigenvalue weighted by molar-refractivity contribution is 0.370. The van der Waals surface area contributed by atoms with Gasteiger partial charge in [-0.3, -0.25) is 0 Å². The maximum absolute atomic E-state index is 5.98. The molecule has 5 rings (SSSR count). The Morgan fingerprint density at radius 2 is 1.84 bits per heavy atom. The number of hydrogen-bond acceptors (Lipinski definition) is 5. The van der Waals surface area contributed by atoms with Crippen molar-refractivity contribution in [3.8, 4) is 34.4 Å². The summed E-state index contributed by atoms with van der Waals surface area (Å²) in [7, 11) is 0. The van der Waals surface area contributed by atoms with Crippen molar-refractivity contribution in [2.45, 2.75) is 25.8 Å². The molecule has 0 amide bonds. The third-order valence-electron chi connectivity index (χ3n) is 5.69. The molecular formula is C25H24IN5O. The van der Waals surface area contributed by atoms with Crippen LogP contribution >= 0.6 is 22.6 Å². The van der Waals surface area contributed by atoms with E-state index in [2.05, 4.69) is 61.7 Å². The van der Waals surface area contributed by atoms with Crippen LogP contribution in [0.2, 0.25) is 0 Å². The molecule has 7 heteroatoms. The second-order valence-corrected chi connectivity index (χ2v) is 9.23. The van der Waals surface area contributed by atoms with E-state index in [1.807, 2.05) is 43.6 Å². The van der Waals surface area contributed by atoms with Gasteiger partial charge in [0.15, 0.2) is 0 Å². The van der Waals surface area contributed by atoms with Crippen molar-refractivity contribution in [1.82, 2.24) is 24.8 Å². The maximum Gasteiger partial charge on any atom is 0.322 e. The molecule has 0 aliphatic carbocycles. The van der Waals surface area contributed by atoms with Gasteiger partial charge in [-0.1, -0.05) is 24.3 Å². The summed E-state index contributed by atoms with van der Waals surface area (Å²) >= 11 is 2.32. The molecule has 1 aliphatic rings. The van der Waals surface area contributed by atoms with Gasteiger partial charge in [0.1, 0.15) is 5.75 Å². The molecule has 0 radical (unpaired) electrons. The Hall–Kier alpha value is -2.78. The Balaban J connectivity index is 1.57. The number of nitrogens with zero attached hydrogens (tertiary/aromatic N) is 4. The molecule has 162 valence electrons. The number of hydrogen-bond donors (Lipinski definition) is 1. The van der Waals surface area contributed by atoms with Crippen LogP contribution < -0.4 is 10.1 Å². The van der Waals surface area contributed by atoms with Crippen molar-refractivity contribution in [3.05, 3.63) is 76.3 Å². The number of piperidine rings is 1. The van der Waals surface area contributed by atoms with E-state index in [0.717, 1.165) is 59.9 Å². The van der Waals surface area contributed by atoms with E-state index in [1.54, 1.807) is 6.20 Å². The molecule has 0 saturated carbocycles. The van der Waals surface area contributed by atoms with Gasteiger partial charge in [-0.05, 0) is 91.3 Å². The zero-order chi connectivity index (χ0) is 21.9. The van der Waals surface area contributed by atoms with Gasteiger partial charge in [0.05, 0.1) is 23.4 Å². The highest BCUT2D eigenvalue weighted by molar-refractivity contribution is 14.1. The summed E-state index contributed by atoms with van der Waals surface area (Å²) in [6.45, 7) is 4.05. The molecule has 6 nitrogen and oxygen atoms in total. The predicted molar refractivity (Wildman–Crippen MR) is 134 cm³/mol. The van der Waals surface area contributed by atoms with E-state index in [1.165, 1.54) is 3.57 Å². The number of benzene rings is 2. The van der Waals surface area contributed by atoms with Crippen LogP contribution in [0.5, 0.6) is 11.8 Å². The molecule has 4 aromatic rings. The number of halogens is 1. The predicted octanol–water partition coefficient (Wildman–Crippen LogP) is 5.64. The highest BCUT2D eigenvalue weighted by Gasteiger charge is 2.23. The summed E-state index contributed by atoms with van der Waals surface area (Å²) in [6.07, 6.45) is 5.84. The minimum Gasteiger partial charge on any atom is -0.424 e. The third-order valence-corrected chi connectivity index (χ3v) is 6.41. The lowest BCUT2D eigenvalue weighted by atomic mass is 10.0. The summed E-state index contributed by atoms with van der Waals surface area (Å²) in [4.78, 5) is 14.0. The molecule has 2 aromatic carbocycles. The minimum atomic E-state index is 0.333. The van der Waals surface area contributed by atoms with Crippen molar-refractivity contribution in [2.75, 3.05) is 13.1 Å². The first-order valence-electron chi connectivity index (χ1n) is 10.8. The normalized spacial score (nSPS) is 14.4. The second kappa shape index (κ2) is 9.38. The molecule has 0 atom stereocenters. The topological polar surface area (TPSA) is 64.9 Å². The van der Waals surface area contributed by atoms with Crippen LogP contribution in [0.25, 0.3) is 22.6 Å². The zero-order valence-electron chi connectivity index (χ0n) is 17.8. The number of aryl methyl sites for hydroxylation is 1. The van der Waals surface area contributed by atoms with Gasteiger partial charge in [0.2, 0.25) is 0 Å². The highest BCUT2D eigenvalue weighted by Crippen LogP contribution is 2.35. The molecule has 1 saturated heterocycles. The number of rotatable bonds is 5. The van der Waals surface area contributed by atoms with Gasteiger partial charge in [-0.2, -0.15) is 4.98 Å². The first-order valence-corrected chi connectivity index (χ1v) is 11.9. The molecule has 32 heavy (non-hydrogen) atoms. The second-order valence-electron chi connectivity index (χ2n) is 7.98. The van der Waals surface area contributed by atoms with Crippen LogP contribution in [0.4, 0.5) is 0 Å². The van der Waals surface area contributed by atoms with Gasteiger partial charge in [0.25, 0.3) is 0 Å². The van der Waals surface area contributed by atoms with E-state index in [-0.39, 0.29) is 0 Å². The molecule has 1 N–H and O–H groups in total. The summed E-state index contributed by atoms with van der Waals surface area (Å²) in [5, 5.41) is 3.45. The Morgan fingerprint density at radius 3 is 2.62 bits per heavy atom. The third kappa shape index (κ3) is 4.54. The Bertz CT molecular complexity index is 1220. The summed E-state index contributed by atoms with van der Waals surface area (Å²) < 4.78 is 9.46. The number of nitrogens with one attached hydrogen (secondary N) is 1. The number of ether oxygens (including phenoxy) is 1. The van der Waals surface area contributed by atoms with Crippen LogP contribution in [-0.2, 0) is 0 Å². The van der Waals surface area contributed by atoms with Gasteiger partial charge in [0, 0.05) is 21.4 Å². The van der Waals surface area contributed by atoms with Gasteiger partial charge >= 0.3 is 6.01 Å². The van der Waals surface area contributed by atoms with Crippen LogP contribution in [0, 0.1) is 10.5 Å². The van der Waals surface area contributed by atoms with E-state index in [4.69, 9.17) is 14.7 Å². The maximum atomic E-state index is 5.98. The lowest BCUT2D eigenvalue weighted by Gasteiger charge is -2.25. The standard InChI is InChI=1S/C25H24IN5O/c1-17-3-2-4-21(15-17)32-25-28-14-11-22(30-25)24-23(18-5-7-19(26)8-6-18)29-16-31(24)20-9-12-27-13-10-20/h2-8,11,14-16,20,27H,9-10,12-13H2,1H3. The molecule has 2 aromatic heterocycles. The van der Waals surface area contributed by atoms with Crippen molar-refractivity contribution in [2.24, 2.45) is 0 Å². The number of imidazole rings is 1. The van der Waals surface area contributed by atoms with Crippen molar-refractivity contribution in [1.29, 1.82) is 0 Å². The fraction of sp³-hybridized carbons (Fsp3) is 0.240. The fourth-order valence-electron chi connectivity index (χ4n) is 4.10. The Morgan fingerprint density at radius 1 is 1.03 bits per heavy atom. The van der Waals surface area contributed by atoms with E-state index < -0.39 is 0 Å². The smallest absolute Gasteiger partial charge is 0.322 e. The molecule has 0 spiro atoms. The molecule has 3 heterocycles. The monoisotopic (exact) mass is 537 g/mol. The van der Waals surface area contributed by atoms with Crippen molar-refractivity contribution >= 4 is 22.6 Å². The molecule has 0 unspecified atom stereocenters. The van der Waals surface area contributed by atoms with Gasteiger partial charge < -0.3 is 14.6 Å². The fourth-order valence-corrected chi connectivity index (χ4v) is 4.46. The van der Waals surface area contributed by atoms with Gasteiger partial charge in [-0.15, -0.1) is 0 Å². The van der Waals surface area contributed by atoms with E-state index >= 15 is 0 Å². The van der Waals surface area contributed by atoms with Crippen molar-refractivity contribution in [3.63, 3.8) is 0 Å². The summed E-state index contributed by atoms with van der Waals surface area (Å²) in [6, 6.07) is 19.0. The van der Waals surface area contributed by atoms with Gasteiger partial charge in [-0.25, -0.2) is 9.97 Å².